The molecular weight excluding hydrogens is 108 g/mol. The van der Waals surface area contributed by atoms with Crippen LogP contribution >= 0.6 is 11.9 Å². The van der Waals surface area contributed by atoms with Crippen molar-refractivity contribution in [2.24, 2.45) is 0 Å². The monoisotopic (exact) mass is 118 g/mol. The summed E-state index contributed by atoms with van der Waals surface area (Å²) in [5.41, 5.74) is 0. The van der Waals surface area contributed by atoms with Crippen LogP contribution in [0.2, 0.25) is 0 Å². The molecule has 0 aromatic carbocycles. The Morgan fingerprint density at radius 3 is 3.00 bits per heavy atom. The maximum Gasteiger partial charge on any atom is 0.0686 e. The van der Waals surface area contributed by atoms with Crippen molar-refractivity contribution >= 4 is 11.9 Å². The Morgan fingerprint density at radius 1 is 1.86 bits per heavy atom. The SMILES string of the molecule is CCC1NCNS1. The van der Waals surface area contributed by atoms with Gasteiger partial charge in [0.05, 0.1) is 12.0 Å². The molecule has 0 aliphatic carbocycles. The van der Waals surface area contributed by atoms with E-state index in [9.17, 15) is 0 Å². The highest BCUT2D eigenvalue weighted by molar-refractivity contribution is 7.98. The maximum atomic E-state index is 3.26. The van der Waals surface area contributed by atoms with Crippen LogP contribution < -0.4 is 10.0 Å². The Labute approximate surface area is 48.2 Å². The predicted octanol–water partition coefficient (Wildman–Crippen LogP) is 0.521. The van der Waals surface area contributed by atoms with E-state index < -0.39 is 0 Å². The van der Waals surface area contributed by atoms with E-state index in [1.807, 2.05) is 0 Å². The number of hydrogen-bond acceptors (Lipinski definition) is 3. The molecule has 1 saturated heterocycles. The lowest BCUT2D eigenvalue weighted by atomic mass is 10.5. The fourth-order valence-corrected chi connectivity index (χ4v) is 1.27. The van der Waals surface area contributed by atoms with Gasteiger partial charge in [-0.25, -0.2) is 4.72 Å². The third-order valence-corrected chi connectivity index (χ3v) is 2.09. The third-order valence-electron chi connectivity index (χ3n) is 0.998. The molecule has 2 nitrogen and oxygen atoms in total. The van der Waals surface area contributed by atoms with Gasteiger partial charge in [-0.1, -0.05) is 18.9 Å². The van der Waals surface area contributed by atoms with Gasteiger partial charge in [0.1, 0.15) is 0 Å². The molecule has 2 N–H and O–H groups in total. The van der Waals surface area contributed by atoms with E-state index in [1.165, 1.54) is 6.42 Å². The molecular formula is C4H10N2S. The lowest BCUT2D eigenvalue weighted by Gasteiger charge is -1.99. The summed E-state index contributed by atoms with van der Waals surface area (Å²) in [6.07, 6.45) is 1.21. The largest absolute Gasteiger partial charge is 0.291 e. The molecule has 1 unspecified atom stereocenters. The zero-order valence-corrected chi connectivity index (χ0v) is 5.22. The fourth-order valence-electron chi connectivity index (χ4n) is 0.567. The molecule has 0 saturated carbocycles. The van der Waals surface area contributed by atoms with Gasteiger partial charge in [0.25, 0.3) is 0 Å². The summed E-state index contributed by atoms with van der Waals surface area (Å²) in [6.45, 7) is 3.14. The molecule has 1 aliphatic heterocycles. The van der Waals surface area contributed by atoms with E-state index in [2.05, 4.69) is 17.0 Å². The zero-order valence-electron chi connectivity index (χ0n) is 4.40. The number of nitrogens with one attached hydrogen (secondary N) is 2. The van der Waals surface area contributed by atoms with E-state index >= 15 is 0 Å². The third kappa shape index (κ3) is 1.33. The summed E-state index contributed by atoms with van der Waals surface area (Å²) in [7, 11) is 0. The van der Waals surface area contributed by atoms with E-state index in [1.54, 1.807) is 11.9 Å². The van der Waals surface area contributed by atoms with Crippen LogP contribution in [0.5, 0.6) is 0 Å². The second-order valence-corrected chi connectivity index (χ2v) is 2.63. The second kappa shape index (κ2) is 2.55. The quantitative estimate of drug-likeness (QED) is 0.491. The van der Waals surface area contributed by atoms with Gasteiger partial charge in [-0.2, -0.15) is 0 Å². The highest BCUT2D eigenvalue weighted by Crippen LogP contribution is 2.09. The van der Waals surface area contributed by atoms with Crippen LogP contribution in [0.25, 0.3) is 0 Å². The first-order chi connectivity index (χ1) is 3.43. The van der Waals surface area contributed by atoms with Gasteiger partial charge in [-0.15, -0.1) is 0 Å². The van der Waals surface area contributed by atoms with Crippen LogP contribution in [-0.2, 0) is 0 Å². The minimum atomic E-state index is 0.653. The molecule has 0 spiro atoms. The standard InChI is InChI=1S/C4H10N2S/c1-2-4-5-3-6-7-4/h4-6H,2-3H2,1H3. The van der Waals surface area contributed by atoms with Crippen LogP contribution in [0.1, 0.15) is 13.3 Å². The summed E-state index contributed by atoms with van der Waals surface area (Å²) in [5.74, 6) is 0. The molecule has 1 rings (SSSR count). The molecule has 1 atom stereocenters. The van der Waals surface area contributed by atoms with Crippen molar-refractivity contribution in [1.29, 1.82) is 0 Å². The molecule has 1 aliphatic rings. The highest BCUT2D eigenvalue weighted by Gasteiger charge is 2.09. The molecule has 0 amide bonds. The minimum Gasteiger partial charge on any atom is -0.291 e. The lowest BCUT2D eigenvalue weighted by Crippen LogP contribution is -2.19. The zero-order chi connectivity index (χ0) is 5.11. The molecule has 3 heteroatoms. The summed E-state index contributed by atoms with van der Waals surface area (Å²) in [4.78, 5) is 0. The first-order valence-corrected chi connectivity index (χ1v) is 3.43. The van der Waals surface area contributed by atoms with Gasteiger partial charge >= 0.3 is 0 Å². The molecule has 1 fully saturated rings. The topological polar surface area (TPSA) is 24.1 Å². The first-order valence-electron chi connectivity index (χ1n) is 2.55. The average molecular weight is 118 g/mol. The first kappa shape index (κ1) is 5.41. The van der Waals surface area contributed by atoms with Crippen LogP contribution in [0.15, 0.2) is 0 Å². The molecule has 7 heavy (non-hydrogen) atoms. The van der Waals surface area contributed by atoms with Gasteiger partial charge in [0.15, 0.2) is 0 Å². The van der Waals surface area contributed by atoms with Crippen LogP contribution in [0.4, 0.5) is 0 Å². The smallest absolute Gasteiger partial charge is 0.0686 e. The predicted molar refractivity (Wildman–Crippen MR) is 32.8 cm³/mol. The summed E-state index contributed by atoms with van der Waals surface area (Å²) in [5, 5.41) is 3.91. The van der Waals surface area contributed by atoms with Gasteiger partial charge in [-0.3, -0.25) is 5.32 Å². The van der Waals surface area contributed by atoms with Crippen LogP contribution in [0, 0.1) is 0 Å². The van der Waals surface area contributed by atoms with E-state index in [0.29, 0.717) is 5.37 Å². The molecule has 42 valence electrons. The number of rotatable bonds is 1. The maximum absolute atomic E-state index is 3.26. The number of hydrogen-bond donors (Lipinski definition) is 2. The van der Waals surface area contributed by atoms with Crippen molar-refractivity contribution < 1.29 is 0 Å². The Balaban J connectivity index is 2.14. The molecule has 1 heterocycles. The van der Waals surface area contributed by atoms with Gasteiger partial charge in [0.2, 0.25) is 0 Å². The molecule has 0 aromatic heterocycles. The molecule has 0 aromatic rings. The van der Waals surface area contributed by atoms with E-state index in [4.69, 9.17) is 0 Å². The Kier molecular flexibility index (Phi) is 1.97. The Hall–Kier alpha value is 0.270. The van der Waals surface area contributed by atoms with Gasteiger partial charge in [-0.05, 0) is 6.42 Å². The normalized spacial score (nSPS) is 31.3. The van der Waals surface area contributed by atoms with Crippen molar-refractivity contribution in [1.82, 2.24) is 10.0 Å². The van der Waals surface area contributed by atoms with Crippen molar-refractivity contribution in [3.63, 3.8) is 0 Å². The van der Waals surface area contributed by atoms with Crippen molar-refractivity contribution in [2.45, 2.75) is 18.7 Å². The Morgan fingerprint density at radius 2 is 2.71 bits per heavy atom. The Bertz CT molecular complexity index is 51.7. The summed E-state index contributed by atoms with van der Waals surface area (Å²) >= 11 is 1.78. The van der Waals surface area contributed by atoms with Crippen molar-refractivity contribution in [2.75, 3.05) is 6.67 Å². The van der Waals surface area contributed by atoms with E-state index in [0.717, 1.165) is 6.67 Å². The summed E-state index contributed by atoms with van der Waals surface area (Å²) < 4.78 is 3.13. The minimum absolute atomic E-state index is 0.653. The van der Waals surface area contributed by atoms with E-state index in [-0.39, 0.29) is 0 Å². The second-order valence-electron chi connectivity index (χ2n) is 1.54. The highest BCUT2D eigenvalue weighted by atomic mass is 32.2. The van der Waals surface area contributed by atoms with Gasteiger partial charge in [0, 0.05) is 0 Å². The fraction of sp³-hybridized carbons (Fsp3) is 1.00. The van der Waals surface area contributed by atoms with Gasteiger partial charge < -0.3 is 0 Å². The van der Waals surface area contributed by atoms with Crippen molar-refractivity contribution in [3.8, 4) is 0 Å². The summed E-state index contributed by atoms with van der Waals surface area (Å²) in [6, 6.07) is 0. The van der Waals surface area contributed by atoms with Crippen LogP contribution in [-0.4, -0.2) is 12.0 Å². The molecule has 0 radical (unpaired) electrons. The molecule has 0 bridgehead atoms. The average Bonchev–Trinajstić information content (AvgIpc) is 2.14. The lowest BCUT2D eigenvalue weighted by molar-refractivity contribution is 0.671. The van der Waals surface area contributed by atoms with Crippen molar-refractivity contribution in [3.05, 3.63) is 0 Å². The van der Waals surface area contributed by atoms with Crippen LogP contribution in [0.3, 0.4) is 0 Å².